The molecule has 2 aromatic rings. The van der Waals surface area contributed by atoms with Gasteiger partial charge in [-0.25, -0.2) is 0 Å². The zero-order valence-electron chi connectivity index (χ0n) is 10.8. The van der Waals surface area contributed by atoms with E-state index in [0.29, 0.717) is 5.92 Å². The molecule has 0 bridgehead atoms. The molecule has 0 aromatic heterocycles. The Labute approximate surface area is 113 Å². The van der Waals surface area contributed by atoms with Gasteiger partial charge < -0.3 is 5.11 Å². The largest absolute Gasteiger partial charge is 0.392 e. The van der Waals surface area contributed by atoms with E-state index >= 15 is 0 Å². The van der Waals surface area contributed by atoms with Gasteiger partial charge in [-0.2, -0.15) is 0 Å². The first-order valence-corrected chi connectivity index (χ1v) is 6.98. The lowest BCUT2D eigenvalue weighted by Gasteiger charge is -2.07. The zero-order valence-corrected chi connectivity index (χ0v) is 11.6. The van der Waals surface area contributed by atoms with E-state index in [9.17, 15) is 0 Å². The van der Waals surface area contributed by atoms with Crippen molar-refractivity contribution in [3.8, 4) is 0 Å². The van der Waals surface area contributed by atoms with Crippen molar-refractivity contribution < 1.29 is 5.11 Å². The highest BCUT2D eigenvalue weighted by atomic mass is 32.2. The van der Waals surface area contributed by atoms with E-state index in [1.807, 2.05) is 24.3 Å². The zero-order chi connectivity index (χ0) is 13.0. The van der Waals surface area contributed by atoms with Gasteiger partial charge in [-0.1, -0.05) is 49.9 Å². The van der Waals surface area contributed by atoms with Crippen LogP contribution in [-0.2, 0) is 6.61 Å². The molecule has 2 rings (SSSR count). The Hall–Kier alpha value is -1.25. The maximum atomic E-state index is 8.99. The van der Waals surface area contributed by atoms with Crippen LogP contribution in [0.25, 0.3) is 0 Å². The summed E-state index contributed by atoms with van der Waals surface area (Å²) in [5, 5.41) is 8.99. The average molecular weight is 258 g/mol. The van der Waals surface area contributed by atoms with Crippen molar-refractivity contribution in [2.45, 2.75) is 36.2 Å². The maximum absolute atomic E-state index is 8.99. The number of rotatable bonds is 4. The lowest BCUT2D eigenvalue weighted by Crippen LogP contribution is -1.86. The second-order valence-electron chi connectivity index (χ2n) is 4.63. The topological polar surface area (TPSA) is 20.2 Å². The first kappa shape index (κ1) is 13.2. The molecule has 0 radical (unpaired) electrons. The van der Waals surface area contributed by atoms with Crippen LogP contribution in [0.5, 0.6) is 0 Å². The molecule has 0 amide bonds. The highest BCUT2D eigenvalue weighted by Gasteiger charge is 2.01. The second-order valence-corrected chi connectivity index (χ2v) is 5.77. The minimum atomic E-state index is 0.105. The maximum Gasteiger partial charge on any atom is 0.0681 e. The summed E-state index contributed by atoms with van der Waals surface area (Å²) in [4.78, 5) is 2.45. The van der Waals surface area contributed by atoms with Gasteiger partial charge in [0, 0.05) is 9.79 Å². The Morgan fingerprint density at radius 1 is 0.889 bits per heavy atom. The first-order chi connectivity index (χ1) is 8.69. The van der Waals surface area contributed by atoms with Gasteiger partial charge in [0.1, 0.15) is 0 Å². The van der Waals surface area contributed by atoms with E-state index in [2.05, 4.69) is 38.1 Å². The molecular weight excluding hydrogens is 240 g/mol. The van der Waals surface area contributed by atoms with Crippen molar-refractivity contribution in [3.05, 3.63) is 59.7 Å². The van der Waals surface area contributed by atoms with Gasteiger partial charge in [0.05, 0.1) is 6.61 Å². The smallest absolute Gasteiger partial charge is 0.0681 e. The molecule has 0 heterocycles. The van der Waals surface area contributed by atoms with Crippen LogP contribution in [0.15, 0.2) is 58.3 Å². The standard InChI is InChI=1S/C16H18OS/c1-12(2)14-5-9-16(10-6-14)18-15-7-3-13(11-17)4-8-15/h3-10,12,17H,11H2,1-2H3. The molecule has 0 aliphatic heterocycles. The van der Waals surface area contributed by atoms with Gasteiger partial charge in [0.2, 0.25) is 0 Å². The van der Waals surface area contributed by atoms with Gasteiger partial charge in [0.15, 0.2) is 0 Å². The molecule has 0 aliphatic carbocycles. The number of hydrogen-bond donors (Lipinski definition) is 1. The van der Waals surface area contributed by atoms with Crippen molar-refractivity contribution in [2.24, 2.45) is 0 Å². The lowest BCUT2D eigenvalue weighted by molar-refractivity contribution is 0.282. The normalized spacial score (nSPS) is 10.9. The summed E-state index contributed by atoms with van der Waals surface area (Å²) in [6.45, 7) is 4.51. The molecule has 0 atom stereocenters. The van der Waals surface area contributed by atoms with Gasteiger partial charge in [0.25, 0.3) is 0 Å². The van der Waals surface area contributed by atoms with E-state index in [-0.39, 0.29) is 6.61 Å². The molecule has 0 unspecified atom stereocenters. The van der Waals surface area contributed by atoms with Gasteiger partial charge in [-0.3, -0.25) is 0 Å². The van der Waals surface area contributed by atoms with Crippen molar-refractivity contribution in [3.63, 3.8) is 0 Å². The van der Waals surface area contributed by atoms with Crippen molar-refractivity contribution in [1.29, 1.82) is 0 Å². The predicted octanol–water partition coefficient (Wildman–Crippen LogP) is 4.45. The average Bonchev–Trinajstić information content (AvgIpc) is 2.40. The minimum Gasteiger partial charge on any atom is -0.392 e. The van der Waals surface area contributed by atoms with Crippen LogP contribution in [0.1, 0.15) is 30.9 Å². The third kappa shape index (κ3) is 3.37. The van der Waals surface area contributed by atoms with Gasteiger partial charge in [-0.15, -0.1) is 0 Å². The molecule has 0 saturated carbocycles. The molecule has 2 aromatic carbocycles. The van der Waals surface area contributed by atoms with Crippen LogP contribution in [0.4, 0.5) is 0 Å². The van der Waals surface area contributed by atoms with Gasteiger partial charge >= 0.3 is 0 Å². The third-order valence-corrected chi connectivity index (χ3v) is 3.90. The molecule has 0 aliphatic rings. The fraction of sp³-hybridized carbons (Fsp3) is 0.250. The monoisotopic (exact) mass is 258 g/mol. The SMILES string of the molecule is CC(C)c1ccc(Sc2ccc(CO)cc2)cc1. The molecular formula is C16H18OS. The summed E-state index contributed by atoms with van der Waals surface area (Å²) in [6.07, 6.45) is 0. The second kappa shape index (κ2) is 6.07. The number of aliphatic hydroxyl groups is 1. The minimum absolute atomic E-state index is 0.105. The molecule has 18 heavy (non-hydrogen) atoms. The summed E-state index contributed by atoms with van der Waals surface area (Å²) < 4.78 is 0. The Bertz CT molecular complexity index is 486. The third-order valence-electron chi connectivity index (χ3n) is 2.89. The summed E-state index contributed by atoms with van der Waals surface area (Å²) >= 11 is 1.75. The van der Waals surface area contributed by atoms with E-state index in [1.165, 1.54) is 15.4 Å². The molecule has 2 heteroatoms. The Morgan fingerprint density at radius 3 is 1.83 bits per heavy atom. The van der Waals surface area contributed by atoms with Crippen LogP contribution >= 0.6 is 11.8 Å². The van der Waals surface area contributed by atoms with Crippen molar-refractivity contribution in [1.82, 2.24) is 0 Å². The Balaban J connectivity index is 2.08. The summed E-state index contributed by atoms with van der Waals surface area (Å²) in [7, 11) is 0. The Morgan fingerprint density at radius 2 is 1.39 bits per heavy atom. The molecule has 1 N–H and O–H groups in total. The number of hydrogen-bond acceptors (Lipinski definition) is 2. The molecule has 0 saturated heterocycles. The van der Waals surface area contributed by atoms with Crippen LogP contribution < -0.4 is 0 Å². The fourth-order valence-corrected chi connectivity index (χ4v) is 2.54. The summed E-state index contributed by atoms with van der Waals surface area (Å²) in [5.74, 6) is 0.577. The van der Waals surface area contributed by atoms with E-state index in [0.717, 1.165) is 5.56 Å². The summed E-state index contributed by atoms with van der Waals surface area (Å²) in [6, 6.07) is 16.7. The quantitative estimate of drug-likeness (QED) is 0.874. The van der Waals surface area contributed by atoms with Crippen molar-refractivity contribution in [2.75, 3.05) is 0 Å². The van der Waals surface area contributed by atoms with E-state index in [4.69, 9.17) is 5.11 Å². The molecule has 0 spiro atoms. The number of benzene rings is 2. The van der Waals surface area contributed by atoms with Gasteiger partial charge in [-0.05, 0) is 41.3 Å². The molecule has 94 valence electrons. The first-order valence-electron chi connectivity index (χ1n) is 6.16. The molecule has 1 nitrogen and oxygen atoms in total. The van der Waals surface area contributed by atoms with Crippen LogP contribution in [0, 0.1) is 0 Å². The highest BCUT2D eigenvalue weighted by Crippen LogP contribution is 2.29. The number of aliphatic hydroxyl groups excluding tert-OH is 1. The summed E-state index contributed by atoms with van der Waals surface area (Å²) in [5.41, 5.74) is 2.32. The highest BCUT2D eigenvalue weighted by molar-refractivity contribution is 7.99. The predicted molar refractivity (Wildman–Crippen MR) is 77.0 cm³/mol. The van der Waals surface area contributed by atoms with E-state index in [1.54, 1.807) is 11.8 Å². The Kier molecular flexibility index (Phi) is 4.45. The molecule has 0 fully saturated rings. The van der Waals surface area contributed by atoms with Crippen LogP contribution in [-0.4, -0.2) is 5.11 Å². The fourth-order valence-electron chi connectivity index (χ4n) is 1.72. The lowest BCUT2D eigenvalue weighted by atomic mass is 10.0. The van der Waals surface area contributed by atoms with E-state index < -0.39 is 0 Å². The van der Waals surface area contributed by atoms with Crippen molar-refractivity contribution >= 4 is 11.8 Å². The van der Waals surface area contributed by atoms with Crippen LogP contribution in [0.3, 0.4) is 0 Å². The van der Waals surface area contributed by atoms with Crippen LogP contribution in [0.2, 0.25) is 0 Å².